The molecule has 1 atom stereocenters. The van der Waals surface area contributed by atoms with Gasteiger partial charge in [-0.2, -0.15) is 0 Å². The number of nitrogens with two attached hydrogens (primary N) is 1. The summed E-state index contributed by atoms with van der Waals surface area (Å²) in [6.45, 7) is 3.86. The van der Waals surface area contributed by atoms with E-state index in [0.717, 1.165) is 38.8 Å². The Labute approximate surface area is 108 Å². The highest BCUT2D eigenvalue weighted by Crippen LogP contribution is 2.27. The molecule has 18 heavy (non-hydrogen) atoms. The quantitative estimate of drug-likeness (QED) is 0.729. The van der Waals surface area contributed by atoms with Crippen molar-refractivity contribution >= 4 is 11.8 Å². The molecule has 1 aliphatic heterocycles. The molecule has 3 N–H and O–H groups in total. The zero-order valence-electron chi connectivity index (χ0n) is 11.0. The Morgan fingerprint density at radius 2 is 1.94 bits per heavy atom. The van der Waals surface area contributed by atoms with E-state index < -0.39 is 5.91 Å². The molecule has 2 rings (SSSR count). The highest BCUT2D eigenvalue weighted by atomic mass is 16.2. The van der Waals surface area contributed by atoms with Gasteiger partial charge in [0.1, 0.15) is 0 Å². The van der Waals surface area contributed by atoms with E-state index in [1.54, 1.807) is 4.90 Å². The number of primary amides is 1. The fourth-order valence-electron chi connectivity index (χ4n) is 2.90. The summed E-state index contributed by atoms with van der Waals surface area (Å²) in [7, 11) is 0. The maximum Gasteiger partial charge on any atom is 0.237 e. The Morgan fingerprint density at radius 3 is 2.39 bits per heavy atom. The predicted octanol–water partition coefficient (Wildman–Crippen LogP) is 0.0984. The van der Waals surface area contributed by atoms with Crippen molar-refractivity contribution in [2.75, 3.05) is 19.6 Å². The van der Waals surface area contributed by atoms with Crippen LogP contribution >= 0.6 is 0 Å². The van der Waals surface area contributed by atoms with Crippen molar-refractivity contribution in [3.8, 4) is 0 Å². The molecular weight excluding hydrogens is 230 g/mol. The molecule has 0 radical (unpaired) electrons. The van der Waals surface area contributed by atoms with Crippen molar-refractivity contribution in [1.82, 2.24) is 10.2 Å². The number of hydrogen-bond acceptors (Lipinski definition) is 3. The van der Waals surface area contributed by atoms with E-state index in [4.69, 9.17) is 5.73 Å². The van der Waals surface area contributed by atoms with E-state index >= 15 is 0 Å². The van der Waals surface area contributed by atoms with Gasteiger partial charge in [-0.1, -0.05) is 19.8 Å². The fourth-order valence-corrected chi connectivity index (χ4v) is 2.90. The second kappa shape index (κ2) is 5.69. The van der Waals surface area contributed by atoms with Crippen molar-refractivity contribution in [3.05, 3.63) is 0 Å². The van der Waals surface area contributed by atoms with Gasteiger partial charge in [-0.25, -0.2) is 0 Å². The van der Waals surface area contributed by atoms with E-state index in [1.165, 1.54) is 0 Å². The van der Waals surface area contributed by atoms with Gasteiger partial charge in [0, 0.05) is 12.0 Å². The second-order valence-electron chi connectivity index (χ2n) is 5.58. The lowest BCUT2D eigenvalue weighted by Crippen LogP contribution is -2.53. The third-order valence-electron chi connectivity index (χ3n) is 4.28. The highest BCUT2D eigenvalue weighted by Gasteiger charge is 2.35. The Morgan fingerprint density at radius 1 is 1.33 bits per heavy atom. The molecule has 1 saturated heterocycles. The molecule has 0 bridgehead atoms. The summed E-state index contributed by atoms with van der Waals surface area (Å²) in [4.78, 5) is 25.4. The number of nitrogens with zero attached hydrogens (tertiary/aromatic N) is 1. The molecule has 0 aromatic rings. The Bertz CT molecular complexity index is 322. The number of nitrogens with one attached hydrogen (secondary N) is 1. The summed E-state index contributed by atoms with van der Waals surface area (Å²) in [5.41, 5.74) is 5.28. The van der Waals surface area contributed by atoms with Crippen molar-refractivity contribution in [2.45, 2.75) is 38.6 Å². The van der Waals surface area contributed by atoms with E-state index in [9.17, 15) is 9.59 Å². The van der Waals surface area contributed by atoms with Crippen LogP contribution in [0.1, 0.15) is 32.6 Å². The monoisotopic (exact) mass is 253 g/mol. The maximum absolute atomic E-state index is 12.5. The SMILES string of the molecule is CC(C(=O)N(CC(N)=O)C1CCCC1)C1CNC1. The number of carbonyl (C=O) groups excluding carboxylic acids is 2. The van der Waals surface area contributed by atoms with Gasteiger partial charge in [-0.3, -0.25) is 9.59 Å². The first-order chi connectivity index (χ1) is 8.59. The van der Waals surface area contributed by atoms with Gasteiger partial charge >= 0.3 is 0 Å². The van der Waals surface area contributed by atoms with E-state index in [0.29, 0.717) is 5.92 Å². The predicted molar refractivity (Wildman–Crippen MR) is 68.7 cm³/mol. The Hall–Kier alpha value is -1.10. The molecular formula is C13H23N3O2. The van der Waals surface area contributed by atoms with Crippen LogP contribution in [0.5, 0.6) is 0 Å². The molecule has 0 spiro atoms. The van der Waals surface area contributed by atoms with Crippen LogP contribution in [0.15, 0.2) is 0 Å². The molecule has 0 aromatic carbocycles. The summed E-state index contributed by atoms with van der Waals surface area (Å²) in [6, 6.07) is 0.223. The standard InChI is InChI=1S/C13H23N3O2/c1-9(10-6-15-7-10)13(18)16(8-12(14)17)11-4-2-3-5-11/h9-11,15H,2-8H2,1H3,(H2,14,17). The molecule has 1 saturated carbocycles. The number of carbonyl (C=O) groups is 2. The Balaban J connectivity index is 2.01. The van der Waals surface area contributed by atoms with Crippen molar-refractivity contribution in [1.29, 1.82) is 0 Å². The van der Waals surface area contributed by atoms with Crippen molar-refractivity contribution < 1.29 is 9.59 Å². The van der Waals surface area contributed by atoms with Crippen molar-refractivity contribution in [2.24, 2.45) is 17.6 Å². The lowest BCUT2D eigenvalue weighted by atomic mass is 9.87. The fraction of sp³-hybridized carbons (Fsp3) is 0.846. The van der Waals surface area contributed by atoms with Crippen LogP contribution in [-0.4, -0.2) is 42.4 Å². The zero-order chi connectivity index (χ0) is 13.1. The molecule has 5 heteroatoms. The first-order valence-corrected chi connectivity index (χ1v) is 6.89. The van der Waals surface area contributed by atoms with Gasteiger partial charge in [0.05, 0.1) is 6.54 Å². The van der Waals surface area contributed by atoms with Gasteiger partial charge < -0.3 is 16.0 Å². The van der Waals surface area contributed by atoms with Gasteiger partial charge in [0.25, 0.3) is 0 Å². The van der Waals surface area contributed by atoms with Crippen LogP contribution in [0.4, 0.5) is 0 Å². The average Bonchev–Trinajstić information content (AvgIpc) is 2.75. The maximum atomic E-state index is 12.5. The van der Waals surface area contributed by atoms with Crippen LogP contribution in [0.3, 0.4) is 0 Å². The smallest absolute Gasteiger partial charge is 0.237 e. The summed E-state index contributed by atoms with van der Waals surface area (Å²) in [5, 5.41) is 3.18. The summed E-state index contributed by atoms with van der Waals surface area (Å²) >= 11 is 0. The third-order valence-corrected chi connectivity index (χ3v) is 4.28. The number of hydrogen-bond donors (Lipinski definition) is 2. The second-order valence-corrected chi connectivity index (χ2v) is 5.58. The third kappa shape index (κ3) is 2.83. The van der Waals surface area contributed by atoms with Gasteiger partial charge in [0.15, 0.2) is 0 Å². The summed E-state index contributed by atoms with van der Waals surface area (Å²) in [6.07, 6.45) is 4.31. The normalized spacial score (nSPS) is 22.5. The van der Waals surface area contributed by atoms with Gasteiger partial charge in [-0.15, -0.1) is 0 Å². The topological polar surface area (TPSA) is 75.4 Å². The van der Waals surface area contributed by atoms with Crippen LogP contribution in [0.25, 0.3) is 0 Å². The summed E-state index contributed by atoms with van der Waals surface area (Å²) < 4.78 is 0. The van der Waals surface area contributed by atoms with Crippen LogP contribution < -0.4 is 11.1 Å². The molecule has 1 heterocycles. The molecule has 2 fully saturated rings. The minimum atomic E-state index is -0.408. The van der Waals surface area contributed by atoms with Crippen LogP contribution in [0, 0.1) is 11.8 Å². The average molecular weight is 253 g/mol. The van der Waals surface area contributed by atoms with E-state index in [-0.39, 0.29) is 24.4 Å². The van der Waals surface area contributed by atoms with Crippen molar-refractivity contribution in [3.63, 3.8) is 0 Å². The highest BCUT2D eigenvalue weighted by molar-refractivity contribution is 5.85. The van der Waals surface area contributed by atoms with Gasteiger partial charge in [0.2, 0.25) is 11.8 Å². The largest absolute Gasteiger partial charge is 0.368 e. The molecule has 2 aliphatic rings. The van der Waals surface area contributed by atoms with E-state index in [2.05, 4.69) is 5.32 Å². The number of rotatable bonds is 5. The lowest BCUT2D eigenvalue weighted by molar-refractivity contribution is -0.142. The molecule has 0 aromatic heterocycles. The minimum Gasteiger partial charge on any atom is -0.368 e. The number of amides is 2. The van der Waals surface area contributed by atoms with Crippen LogP contribution in [0.2, 0.25) is 0 Å². The molecule has 5 nitrogen and oxygen atoms in total. The van der Waals surface area contributed by atoms with Crippen LogP contribution in [-0.2, 0) is 9.59 Å². The van der Waals surface area contributed by atoms with E-state index in [1.807, 2.05) is 6.92 Å². The molecule has 2 amide bonds. The molecule has 102 valence electrons. The Kier molecular flexibility index (Phi) is 4.22. The zero-order valence-corrected chi connectivity index (χ0v) is 11.0. The summed E-state index contributed by atoms with van der Waals surface area (Å²) in [5.74, 6) is 0.0989. The lowest BCUT2D eigenvalue weighted by Gasteiger charge is -2.37. The minimum absolute atomic E-state index is 0.00815. The van der Waals surface area contributed by atoms with Gasteiger partial charge in [-0.05, 0) is 31.8 Å². The first-order valence-electron chi connectivity index (χ1n) is 6.89. The molecule has 1 aliphatic carbocycles. The molecule has 1 unspecified atom stereocenters. The first kappa shape index (κ1) is 13.3.